The van der Waals surface area contributed by atoms with Gasteiger partial charge in [-0.25, -0.2) is 4.79 Å². The maximum Gasteiger partial charge on any atom is 0.319 e. The van der Waals surface area contributed by atoms with Crippen LogP contribution in [0.1, 0.15) is 49.9 Å². The van der Waals surface area contributed by atoms with Gasteiger partial charge in [-0.3, -0.25) is 0 Å². The van der Waals surface area contributed by atoms with Gasteiger partial charge < -0.3 is 26.8 Å². The fraction of sp³-hybridized carbons (Fsp3) is 0.409. The predicted octanol–water partition coefficient (Wildman–Crippen LogP) is 3.90. The molecule has 2 aliphatic heterocycles. The normalized spacial score (nSPS) is 17.7. The lowest BCUT2D eigenvalue weighted by Gasteiger charge is -2.23. The molecular weight excluding hydrogens is 363 g/mol. The first kappa shape index (κ1) is 22.8. The minimum Gasteiger partial charge on any atom is -0.398 e. The first-order valence-electron chi connectivity index (χ1n) is 10.5. The van der Waals surface area contributed by atoms with Gasteiger partial charge in [0.15, 0.2) is 0 Å². The number of anilines is 2. The van der Waals surface area contributed by atoms with Crippen LogP contribution in [0.25, 0.3) is 0 Å². The van der Waals surface area contributed by atoms with Crippen LogP contribution in [0.15, 0.2) is 48.5 Å². The van der Waals surface area contributed by atoms with Crippen molar-refractivity contribution in [3.63, 3.8) is 0 Å². The van der Waals surface area contributed by atoms with E-state index in [4.69, 9.17) is 17.5 Å². The molecule has 0 saturated carbocycles. The summed E-state index contributed by atoms with van der Waals surface area (Å²) in [5, 5.41) is 5.53. The summed E-state index contributed by atoms with van der Waals surface area (Å²) in [5.41, 5.74) is 15.1. The van der Waals surface area contributed by atoms with Crippen LogP contribution in [0, 0.1) is 0 Å². The molecule has 1 fully saturated rings. The van der Waals surface area contributed by atoms with Gasteiger partial charge in [0.2, 0.25) is 0 Å². The van der Waals surface area contributed by atoms with Crippen molar-refractivity contribution in [3.8, 4) is 0 Å². The second kappa shape index (κ2) is 13.6. The van der Waals surface area contributed by atoms with Gasteiger partial charge in [0.05, 0.1) is 13.9 Å². The number of para-hydroxylation sites is 2. The Morgan fingerprint density at radius 2 is 1.76 bits per heavy atom. The fourth-order valence-electron chi connectivity index (χ4n) is 2.86. The molecule has 1 radical (unpaired) electrons. The summed E-state index contributed by atoms with van der Waals surface area (Å²) in [7, 11) is 1.25. The number of ether oxygens (including phenoxy) is 1. The Kier molecular flexibility index (Phi) is 10.7. The Morgan fingerprint density at radius 3 is 2.28 bits per heavy atom. The molecule has 6 N–H and O–H groups in total. The van der Waals surface area contributed by atoms with E-state index in [0.717, 1.165) is 35.7 Å². The van der Waals surface area contributed by atoms with Crippen molar-refractivity contribution in [2.75, 3.05) is 24.3 Å². The Labute approximate surface area is 177 Å². The highest BCUT2D eigenvalue weighted by Gasteiger charge is 2.18. The molecule has 0 bridgehead atoms. The zero-order chi connectivity index (χ0) is 22.4. The number of carbonyl (C=O) groups excluding carboxylic acids is 1. The molecule has 2 aromatic rings. The number of nitrogens with two attached hydrogens (primary N) is 2. The van der Waals surface area contributed by atoms with E-state index in [1.54, 1.807) is 6.82 Å². The van der Waals surface area contributed by atoms with Crippen LogP contribution >= 0.6 is 0 Å². The number of nitrogens with one attached hydrogen (secondary N) is 2. The molecule has 4 rings (SSSR count). The van der Waals surface area contributed by atoms with Crippen molar-refractivity contribution in [2.45, 2.75) is 45.6 Å². The molecule has 2 aromatic carbocycles. The number of carbonyl (C=O) groups is 1. The maximum absolute atomic E-state index is 11.0. The van der Waals surface area contributed by atoms with Gasteiger partial charge in [-0.15, -0.1) is 0 Å². The van der Waals surface area contributed by atoms with Crippen molar-refractivity contribution in [1.29, 1.82) is 1.34 Å². The largest absolute Gasteiger partial charge is 0.398 e. The average molecular weight is 399 g/mol. The quantitative estimate of drug-likeness (QED) is 0.431. The highest BCUT2D eigenvalue weighted by Crippen LogP contribution is 2.25. The van der Waals surface area contributed by atoms with Crippen LogP contribution in [0.4, 0.5) is 16.2 Å². The molecule has 1 saturated heterocycles. The summed E-state index contributed by atoms with van der Waals surface area (Å²) in [5.74, 6) is 0. The molecule has 0 aliphatic carbocycles. The lowest BCUT2D eigenvalue weighted by molar-refractivity contribution is 0.198. The van der Waals surface area contributed by atoms with E-state index < -0.39 is 0 Å². The van der Waals surface area contributed by atoms with Crippen LogP contribution in [0.3, 0.4) is 0 Å². The van der Waals surface area contributed by atoms with Gasteiger partial charge in [-0.05, 0) is 51.3 Å². The Balaban J connectivity index is 0.000000224. The number of urea groups is 1. The first-order valence-corrected chi connectivity index (χ1v) is 9.91. The Bertz CT molecular complexity index is 750. The van der Waals surface area contributed by atoms with E-state index in [0.29, 0.717) is 0 Å². The molecule has 0 spiro atoms. The number of rotatable bonds is 1. The second-order valence-corrected chi connectivity index (χ2v) is 6.64. The van der Waals surface area contributed by atoms with Crippen molar-refractivity contribution in [3.05, 3.63) is 59.7 Å². The summed E-state index contributed by atoms with van der Waals surface area (Å²) in [6.45, 7) is 7.56. The van der Waals surface area contributed by atoms with Crippen LogP contribution in [-0.2, 0) is 4.74 Å². The summed E-state index contributed by atoms with van der Waals surface area (Å²) < 4.78 is 11.0. The second-order valence-electron chi connectivity index (χ2n) is 6.64. The Morgan fingerprint density at radius 1 is 1.17 bits per heavy atom. The molecule has 2 amide bonds. The van der Waals surface area contributed by atoms with Gasteiger partial charge in [0.1, 0.15) is 0 Å². The van der Waals surface area contributed by atoms with E-state index >= 15 is 0 Å². The molecule has 6 nitrogen and oxygen atoms in total. The van der Waals surface area contributed by atoms with Crippen LogP contribution in [-0.4, -0.2) is 28.4 Å². The number of fused-ring (bicyclic) bond motifs is 1. The van der Waals surface area contributed by atoms with E-state index in [1.807, 2.05) is 62.4 Å². The van der Waals surface area contributed by atoms with E-state index in [-0.39, 0.29) is 18.1 Å². The number of amides is 2. The molecule has 29 heavy (non-hydrogen) atoms. The van der Waals surface area contributed by atoms with Gasteiger partial charge >= 0.3 is 6.03 Å². The predicted molar refractivity (Wildman–Crippen MR) is 124 cm³/mol. The third-order valence-electron chi connectivity index (χ3n) is 4.34. The minimum absolute atomic E-state index is 0.0289. The molecule has 157 valence electrons. The SMILES string of the molecule is C1CCOC1.CC(N)c1ccccc1N.CC1NC(=O)Nc2ccccc21.[3H][B]C. The molecule has 7 heteroatoms. The molecule has 0 aromatic heterocycles. The van der Waals surface area contributed by atoms with Crippen molar-refractivity contribution >= 4 is 25.2 Å². The van der Waals surface area contributed by atoms with Gasteiger partial charge in [0, 0.05) is 30.6 Å². The van der Waals surface area contributed by atoms with E-state index in [1.165, 1.54) is 20.7 Å². The lowest BCUT2D eigenvalue weighted by atomic mass is 10.0. The number of hydrogen-bond acceptors (Lipinski definition) is 4. The average Bonchev–Trinajstić information content (AvgIpc) is 3.29. The number of hydrogen-bond donors (Lipinski definition) is 4. The van der Waals surface area contributed by atoms with Gasteiger partial charge in [0.25, 0.3) is 0 Å². The van der Waals surface area contributed by atoms with Gasteiger partial charge in [-0.1, -0.05) is 43.2 Å². The van der Waals surface area contributed by atoms with E-state index in [9.17, 15) is 4.79 Å². The Hall–Kier alpha value is -2.51. The lowest BCUT2D eigenvalue weighted by Crippen LogP contribution is -2.36. The van der Waals surface area contributed by atoms with Crippen LogP contribution < -0.4 is 22.1 Å². The maximum atomic E-state index is 11.0. The van der Waals surface area contributed by atoms with Crippen molar-refractivity contribution < 1.29 is 9.53 Å². The van der Waals surface area contributed by atoms with Crippen molar-refractivity contribution in [1.82, 2.24) is 5.32 Å². The minimum atomic E-state index is -0.124. The summed E-state index contributed by atoms with van der Waals surface area (Å²) in [6.07, 6.45) is 2.56. The smallest absolute Gasteiger partial charge is 0.319 e. The van der Waals surface area contributed by atoms with E-state index in [2.05, 4.69) is 10.6 Å². The standard InChI is InChI=1S/C9H10N2O.C8H12N2.C4H8O.CH4B/c1-6-7-4-2-3-5-8(7)11-9(12)10-6;1-6(9)7-4-2-3-5-8(7)10;1-2-4-5-3-1;1-2/h2-6H,1H3,(H2,10,11,12);2-6H,9-10H2,1H3;1-4H2;2H,1H3/i;;;2T. The van der Waals surface area contributed by atoms with Gasteiger partial charge in [-0.2, -0.15) is 0 Å². The highest BCUT2D eigenvalue weighted by molar-refractivity contribution is 6.05. The monoisotopic (exact) mass is 399 g/mol. The third kappa shape index (κ3) is 8.58. The zero-order valence-corrected chi connectivity index (χ0v) is 17.7. The molecule has 2 atom stereocenters. The topological polar surface area (TPSA) is 102 Å². The molecule has 2 unspecified atom stereocenters. The first-order chi connectivity index (χ1) is 14.4. The molecule has 2 aliphatic rings. The number of benzene rings is 2. The van der Waals surface area contributed by atoms with Crippen LogP contribution in [0.5, 0.6) is 0 Å². The molecule has 2 heterocycles. The molecular formula is C22H34BN4O2. The van der Waals surface area contributed by atoms with Crippen LogP contribution in [0.2, 0.25) is 6.82 Å². The fourth-order valence-corrected chi connectivity index (χ4v) is 2.86. The third-order valence-corrected chi connectivity index (χ3v) is 4.34. The number of nitrogen functional groups attached to an aromatic ring is 1. The highest BCUT2D eigenvalue weighted by atomic mass is 16.5. The zero-order valence-electron chi connectivity index (χ0n) is 18.7. The summed E-state index contributed by atoms with van der Waals surface area (Å²) in [6, 6.07) is 15.5. The summed E-state index contributed by atoms with van der Waals surface area (Å²) >= 11 is 0. The van der Waals surface area contributed by atoms with Crippen molar-refractivity contribution in [2.24, 2.45) is 5.73 Å². The summed E-state index contributed by atoms with van der Waals surface area (Å²) in [4.78, 5) is 11.0.